The van der Waals surface area contributed by atoms with E-state index in [1.807, 2.05) is 31.2 Å². The number of nitrogens with one attached hydrogen (secondary N) is 1. The summed E-state index contributed by atoms with van der Waals surface area (Å²) >= 11 is 12.3. The fourth-order valence-electron chi connectivity index (χ4n) is 7.50. The average molecular weight is 823 g/mol. The Bertz CT molecular complexity index is 2130. The number of ketones is 1. The molecule has 6 rings (SSSR count). The van der Waals surface area contributed by atoms with Gasteiger partial charge in [-0.25, -0.2) is 0 Å². The molecule has 3 heterocycles. The molecule has 0 aromatic heterocycles. The number of nitriles is 1. The molecule has 3 fully saturated rings. The molecule has 3 aromatic carbocycles. The number of ether oxygens (including phenoxy) is 1. The normalized spacial score (nSPS) is 19.7. The van der Waals surface area contributed by atoms with Gasteiger partial charge in [0, 0.05) is 57.2 Å². The minimum absolute atomic E-state index is 0.0426. The number of amides is 3. The number of anilines is 2. The lowest BCUT2D eigenvalue weighted by atomic mass is 9.90. The summed E-state index contributed by atoms with van der Waals surface area (Å²) in [6, 6.07) is 17.0. The van der Waals surface area contributed by atoms with Crippen molar-refractivity contribution in [2.45, 2.75) is 64.2 Å². The van der Waals surface area contributed by atoms with Gasteiger partial charge in [0.15, 0.2) is 10.9 Å². The average Bonchev–Trinajstić information content (AvgIpc) is 3.34. The smallest absolute Gasteiger partial charge is 0.417 e. The molecule has 300 valence electrons. The summed E-state index contributed by atoms with van der Waals surface area (Å²) in [6.07, 6.45) is -3.14. The lowest BCUT2D eigenvalue weighted by Crippen LogP contribution is -2.52. The largest absolute Gasteiger partial charge is 0.491 e. The van der Waals surface area contributed by atoms with E-state index in [0.29, 0.717) is 56.9 Å². The third kappa shape index (κ3) is 9.15. The number of imide groups is 1. The third-order valence-corrected chi connectivity index (χ3v) is 11.5. The molecule has 2 atom stereocenters. The summed E-state index contributed by atoms with van der Waals surface area (Å²) < 4.78 is 47.2. The molecule has 0 bridgehead atoms. The number of halogens is 4. The molecular formula is C41H42ClF3N6O5S. The van der Waals surface area contributed by atoms with E-state index < -0.39 is 28.7 Å². The zero-order valence-corrected chi connectivity index (χ0v) is 33.3. The molecule has 3 aromatic rings. The van der Waals surface area contributed by atoms with Crippen molar-refractivity contribution in [1.82, 2.24) is 15.1 Å². The molecule has 0 saturated carbocycles. The highest BCUT2D eigenvalue weighted by Crippen LogP contribution is 2.41. The van der Waals surface area contributed by atoms with Crippen molar-refractivity contribution in [1.29, 1.82) is 5.26 Å². The van der Waals surface area contributed by atoms with Crippen LogP contribution in [0.3, 0.4) is 0 Å². The first-order chi connectivity index (χ1) is 27.0. The van der Waals surface area contributed by atoms with E-state index in [9.17, 15) is 37.6 Å². The third-order valence-electron chi connectivity index (χ3n) is 10.8. The van der Waals surface area contributed by atoms with Gasteiger partial charge in [-0.2, -0.15) is 18.4 Å². The fraction of sp³-hybridized carbons (Fsp3) is 0.415. The summed E-state index contributed by atoms with van der Waals surface area (Å²) in [5.41, 5.74) is -0.796. The molecule has 57 heavy (non-hydrogen) atoms. The highest BCUT2D eigenvalue weighted by atomic mass is 35.5. The Morgan fingerprint density at radius 1 is 1.04 bits per heavy atom. The molecule has 3 saturated heterocycles. The van der Waals surface area contributed by atoms with E-state index in [2.05, 4.69) is 15.1 Å². The quantitative estimate of drug-likeness (QED) is 0.173. The van der Waals surface area contributed by atoms with Crippen LogP contribution in [0.25, 0.3) is 0 Å². The van der Waals surface area contributed by atoms with Crippen LogP contribution in [0.15, 0.2) is 60.7 Å². The van der Waals surface area contributed by atoms with Gasteiger partial charge in [0.25, 0.3) is 5.91 Å². The van der Waals surface area contributed by atoms with Gasteiger partial charge in [-0.3, -0.25) is 39.2 Å². The van der Waals surface area contributed by atoms with Crippen molar-refractivity contribution >= 4 is 63.8 Å². The Morgan fingerprint density at radius 3 is 2.40 bits per heavy atom. The van der Waals surface area contributed by atoms with E-state index >= 15 is 0 Å². The maximum atomic E-state index is 13.7. The first-order valence-electron chi connectivity index (χ1n) is 18.6. The molecule has 11 nitrogen and oxygen atoms in total. The van der Waals surface area contributed by atoms with E-state index in [4.69, 9.17) is 28.6 Å². The molecule has 1 N–H and O–H groups in total. The summed E-state index contributed by atoms with van der Waals surface area (Å²) in [5.74, 6) is -0.761. The van der Waals surface area contributed by atoms with Crippen molar-refractivity contribution in [3.05, 3.63) is 87.9 Å². The van der Waals surface area contributed by atoms with Gasteiger partial charge < -0.3 is 9.64 Å². The van der Waals surface area contributed by atoms with Crippen LogP contribution in [0.1, 0.15) is 55.9 Å². The molecule has 0 spiro atoms. The highest BCUT2D eigenvalue weighted by molar-refractivity contribution is 7.81. The van der Waals surface area contributed by atoms with Crippen molar-refractivity contribution in [2.75, 3.05) is 49.1 Å². The molecule has 16 heteroatoms. The number of nitrogens with zero attached hydrogens (tertiary/aromatic N) is 5. The second-order valence-electron chi connectivity index (χ2n) is 15.0. The first kappa shape index (κ1) is 41.7. The number of thiocarbonyl (C=S) groups is 1. The van der Waals surface area contributed by atoms with E-state index in [0.717, 1.165) is 41.2 Å². The molecule has 3 aliphatic rings. The Hall–Kier alpha value is -4.88. The topological polar surface area (TPSA) is 126 Å². The summed E-state index contributed by atoms with van der Waals surface area (Å²) in [6.45, 7) is 9.00. The van der Waals surface area contributed by atoms with Gasteiger partial charge in [-0.1, -0.05) is 35.9 Å². The fourth-order valence-corrected chi connectivity index (χ4v) is 8.25. The Labute approximate surface area is 339 Å². The minimum atomic E-state index is -4.81. The Morgan fingerprint density at radius 2 is 1.74 bits per heavy atom. The van der Waals surface area contributed by atoms with Crippen LogP contribution in [0.5, 0.6) is 5.75 Å². The molecule has 0 radical (unpaired) electrons. The summed E-state index contributed by atoms with van der Waals surface area (Å²) in [4.78, 5) is 57.6. The summed E-state index contributed by atoms with van der Waals surface area (Å²) in [7, 11) is 0. The number of Topliss-reactive ketones (excluding diaryl/α,β-unsaturated/α-hetero) is 1. The van der Waals surface area contributed by atoms with Gasteiger partial charge in [-0.05, 0) is 93.4 Å². The van der Waals surface area contributed by atoms with E-state index in [1.54, 1.807) is 38.1 Å². The van der Waals surface area contributed by atoms with Gasteiger partial charge >= 0.3 is 6.18 Å². The molecule has 1 unspecified atom stereocenters. The zero-order chi connectivity index (χ0) is 41.2. The number of carbonyl (C=O) groups is 4. The van der Waals surface area contributed by atoms with Crippen LogP contribution in [-0.4, -0.2) is 89.3 Å². The predicted octanol–water partition coefficient (Wildman–Crippen LogP) is 5.94. The zero-order valence-electron chi connectivity index (χ0n) is 31.7. The standard InChI is InChI=1S/C41H42ClF3N6O5S/c1-25(34(52)21-27-6-4-5-26(19-27)20-28-8-12-36(53)47-37(28)54)49-15-13-48(14-16-49)17-18-56-35-11-10-31(23-33(35)42)51-39(57)50(38(55)40(51,2)3)30-9-7-29(24-46)32(22-30)41(43,44)45/h4-7,9-11,19,22-23,25,28H,8,12-18,20-21H2,1-3H3,(H,47,53,54)/t25-,28?/m0/s1. The second kappa shape index (κ2) is 16.9. The highest BCUT2D eigenvalue weighted by Gasteiger charge is 2.51. The van der Waals surface area contributed by atoms with Crippen LogP contribution in [0.2, 0.25) is 5.02 Å². The number of piperazine rings is 1. The van der Waals surface area contributed by atoms with E-state index in [1.165, 1.54) is 11.0 Å². The van der Waals surface area contributed by atoms with Crippen LogP contribution in [0.4, 0.5) is 24.5 Å². The van der Waals surface area contributed by atoms with Crippen LogP contribution in [0, 0.1) is 17.2 Å². The van der Waals surface area contributed by atoms with Crippen LogP contribution >= 0.6 is 23.8 Å². The van der Waals surface area contributed by atoms with Crippen molar-refractivity contribution in [3.63, 3.8) is 0 Å². The number of benzene rings is 3. The Balaban J connectivity index is 0.991. The maximum Gasteiger partial charge on any atom is 0.417 e. The molecule has 3 aliphatic heterocycles. The van der Waals surface area contributed by atoms with Crippen molar-refractivity contribution in [3.8, 4) is 11.8 Å². The SMILES string of the molecule is C[C@@H](C(=O)Cc1cccc(CC2CCC(=O)NC2=O)c1)N1CCN(CCOc2ccc(N3C(=S)N(c4ccc(C#N)c(C(F)(F)F)c4)C(=O)C3(C)C)cc2Cl)CC1. The maximum absolute atomic E-state index is 13.7. The summed E-state index contributed by atoms with van der Waals surface area (Å²) in [5, 5.41) is 11.8. The molecule has 0 aliphatic carbocycles. The van der Waals surface area contributed by atoms with E-state index in [-0.39, 0.29) is 51.8 Å². The number of carbonyl (C=O) groups excluding carboxylic acids is 4. The molecular weight excluding hydrogens is 781 g/mol. The van der Waals surface area contributed by atoms with Gasteiger partial charge in [-0.15, -0.1) is 0 Å². The van der Waals surface area contributed by atoms with Gasteiger partial charge in [0.05, 0.1) is 33.9 Å². The van der Waals surface area contributed by atoms with Gasteiger partial charge in [0.1, 0.15) is 17.9 Å². The Kier molecular flexibility index (Phi) is 12.4. The lowest BCUT2D eigenvalue weighted by Gasteiger charge is -2.37. The lowest BCUT2D eigenvalue weighted by molar-refractivity contribution is -0.138. The number of alkyl halides is 3. The van der Waals surface area contributed by atoms with Gasteiger partial charge in [0.2, 0.25) is 11.8 Å². The molecule has 3 amide bonds. The van der Waals surface area contributed by atoms with Crippen molar-refractivity contribution in [2.24, 2.45) is 5.92 Å². The predicted molar refractivity (Wildman–Crippen MR) is 212 cm³/mol. The minimum Gasteiger partial charge on any atom is -0.491 e. The number of hydrogen-bond donors (Lipinski definition) is 1. The van der Waals surface area contributed by atoms with Crippen LogP contribution in [-0.2, 0) is 38.2 Å². The monoisotopic (exact) mass is 822 g/mol. The van der Waals surface area contributed by atoms with Crippen LogP contribution < -0.4 is 19.9 Å². The number of hydrogen-bond acceptors (Lipinski definition) is 9. The number of rotatable bonds is 12. The number of piperidine rings is 1. The second-order valence-corrected chi connectivity index (χ2v) is 15.8. The first-order valence-corrected chi connectivity index (χ1v) is 19.4. The van der Waals surface area contributed by atoms with Crippen molar-refractivity contribution < 1.29 is 37.1 Å².